The van der Waals surface area contributed by atoms with Crippen LogP contribution in [-0.2, 0) is 15.8 Å². The number of halogens is 1. The molecule has 1 N–H and O–H groups in total. The van der Waals surface area contributed by atoms with Crippen LogP contribution in [0.25, 0.3) is 0 Å². The molecule has 0 saturated heterocycles. The summed E-state index contributed by atoms with van der Waals surface area (Å²) in [5.41, 5.74) is 0.330. The summed E-state index contributed by atoms with van der Waals surface area (Å²) in [5, 5.41) is 11.7. The predicted octanol–water partition coefficient (Wildman–Crippen LogP) is 4.98. The third-order valence-corrected chi connectivity index (χ3v) is 5.14. The van der Waals surface area contributed by atoms with E-state index in [0.29, 0.717) is 16.3 Å². The first kappa shape index (κ1) is 19.7. The summed E-state index contributed by atoms with van der Waals surface area (Å²) in [7, 11) is -3.77. The molecule has 0 unspecified atom stereocenters. The van der Waals surface area contributed by atoms with Gasteiger partial charge in [0, 0.05) is 17.2 Å². The minimum atomic E-state index is -3.77. The van der Waals surface area contributed by atoms with Gasteiger partial charge in [0.25, 0.3) is 5.69 Å². The molecule has 144 valence electrons. The molecule has 3 aromatic rings. The first-order valence-corrected chi connectivity index (χ1v) is 10.1. The number of rotatable bonds is 7. The second kappa shape index (κ2) is 8.28. The van der Waals surface area contributed by atoms with Crippen LogP contribution in [0.3, 0.4) is 0 Å². The molecule has 0 bridgehead atoms. The van der Waals surface area contributed by atoms with Gasteiger partial charge in [-0.2, -0.15) is 0 Å². The molecule has 0 atom stereocenters. The van der Waals surface area contributed by atoms with E-state index in [2.05, 4.69) is 4.72 Å². The lowest BCUT2D eigenvalue weighted by molar-refractivity contribution is -0.384. The molecule has 0 heterocycles. The van der Waals surface area contributed by atoms with E-state index in [1.807, 2.05) is 0 Å². The standard InChI is InChI=1S/C19H15ClN2O5S/c20-15-6-8-18(9-7-15)27-19-11-16(10-17(12-19)22(23)24)21-28(25,26)13-14-4-2-1-3-5-14/h1-12,21H,13H2. The van der Waals surface area contributed by atoms with E-state index in [4.69, 9.17) is 16.3 Å². The topological polar surface area (TPSA) is 98.5 Å². The van der Waals surface area contributed by atoms with Crippen molar-refractivity contribution < 1.29 is 18.1 Å². The van der Waals surface area contributed by atoms with Crippen LogP contribution < -0.4 is 9.46 Å². The normalized spacial score (nSPS) is 11.0. The van der Waals surface area contributed by atoms with Crippen molar-refractivity contribution in [3.8, 4) is 11.5 Å². The van der Waals surface area contributed by atoms with Gasteiger partial charge in [-0.05, 0) is 29.8 Å². The Morgan fingerprint density at radius 3 is 2.29 bits per heavy atom. The molecule has 0 aromatic heterocycles. The van der Waals surface area contributed by atoms with Crippen LogP contribution in [0.2, 0.25) is 5.02 Å². The van der Waals surface area contributed by atoms with E-state index in [9.17, 15) is 18.5 Å². The molecule has 0 fully saturated rings. The van der Waals surface area contributed by atoms with E-state index >= 15 is 0 Å². The number of nitrogens with zero attached hydrogens (tertiary/aromatic N) is 1. The van der Waals surface area contributed by atoms with Crippen LogP contribution in [0.5, 0.6) is 11.5 Å². The molecule has 0 spiro atoms. The molecule has 0 aliphatic carbocycles. The number of hydrogen-bond acceptors (Lipinski definition) is 5. The molecule has 9 heteroatoms. The highest BCUT2D eigenvalue weighted by Gasteiger charge is 2.16. The summed E-state index contributed by atoms with van der Waals surface area (Å²) in [6.45, 7) is 0. The molecule has 0 aliphatic heterocycles. The number of anilines is 1. The summed E-state index contributed by atoms with van der Waals surface area (Å²) < 4.78 is 32.8. The van der Waals surface area contributed by atoms with Gasteiger partial charge in [0.15, 0.2) is 0 Å². The molecule has 7 nitrogen and oxygen atoms in total. The highest BCUT2D eigenvalue weighted by atomic mass is 35.5. The Balaban J connectivity index is 1.86. The van der Waals surface area contributed by atoms with Gasteiger partial charge in [-0.3, -0.25) is 14.8 Å². The summed E-state index contributed by atoms with van der Waals surface area (Å²) in [6, 6.07) is 18.8. The zero-order chi connectivity index (χ0) is 20.1. The minimum absolute atomic E-state index is 0.0362. The zero-order valence-corrected chi connectivity index (χ0v) is 16.0. The molecule has 3 rings (SSSR count). The van der Waals surface area contributed by atoms with Gasteiger partial charge in [0.2, 0.25) is 10.0 Å². The maximum atomic E-state index is 12.4. The fraction of sp³-hybridized carbons (Fsp3) is 0.0526. The number of sulfonamides is 1. The van der Waals surface area contributed by atoms with Crippen molar-refractivity contribution in [3.63, 3.8) is 0 Å². The van der Waals surface area contributed by atoms with E-state index < -0.39 is 14.9 Å². The fourth-order valence-electron chi connectivity index (χ4n) is 2.45. The third kappa shape index (κ3) is 5.45. The molecule has 0 amide bonds. The second-order valence-electron chi connectivity index (χ2n) is 5.88. The van der Waals surface area contributed by atoms with Crippen molar-refractivity contribution in [2.45, 2.75) is 5.75 Å². The maximum Gasteiger partial charge on any atom is 0.275 e. The smallest absolute Gasteiger partial charge is 0.275 e. The van der Waals surface area contributed by atoms with Crippen molar-refractivity contribution in [2.75, 3.05) is 4.72 Å². The maximum absolute atomic E-state index is 12.4. The van der Waals surface area contributed by atoms with Crippen LogP contribution in [-0.4, -0.2) is 13.3 Å². The van der Waals surface area contributed by atoms with Crippen molar-refractivity contribution in [2.24, 2.45) is 0 Å². The predicted molar refractivity (Wildman–Crippen MR) is 107 cm³/mol. The van der Waals surface area contributed by atoms with Crippen LogP contribution in [0.15, 0.2) is 72.8 Å². The number of nitro benzene ring substituents is 1. The van der Waals surface area contributed by atoms with E-state index in [1.54, 1.807) is 54.6 Å². The monoisotopic (exact) mass is 418 g/mol. The first-order valence-electron chi connectivity index (χ1n) is 8.08. The highest BCUT2D eigenvalue weighted by Crippen LogP contribution is 2.31. The van der Waals surface area contributed by atoms with Crippen molar-refractivity contribution in [1.82, 2.24) is 0 Å². The first-order chi connectivity index (χ1) is 13.3. The SMILES string of the molecule is O=[N+]([O-])c1cc(NS(=O)(=O)Cc2ccccc2)cc(Oc2ccc(Cl)cc2)c1. The Kier molecular flexibility index (Phi) is 5.81. The Morgan fingerprint density at radius 2 is 1.64 bits per heavy atom. The summed E-state index contributed by atoms with van der Waals surface area (Å²) in [4.78, 5) is 10.6. The molecule has 3 aromatic carbocycles. The second-order valence-corrected chi connectivity index (χ2v) is 8.03. The number of nitrogens with one attached hydrogen (secondary N) is 1. The van der Waals surface area contributed by atoms with Gasteiger partial charge in [-0.25, -0.2) is 8.42 Å². The lowest BCUT2D eigenvalue weighted by Gasteiger charge is -2.11. The van der Waals surface area contributed by atoms with Gasteiger partial charge >= 0.3 is 0 Å². The largest absolute Gasteiger partial charge is 0.457 e. The Morgan fingerprint density at radius 1 is 0.964 bits per heavy atom. The van der Waals surface area contributed by atoms with Gasteiger partial charge in [0.05, 0.1) is 22.4 Å². The van der Waals surface area contributed by atoms with Gasteiger partial charge < -0.3 is 4.74 Å². The fourth-order valence-corrected chi connectivity index (χ4v) is 3.76. The van der Waals surface area contributed by atoms with Crippen LogP contribution in [0.1, 0.15) is 5.56 Å². The minimum Gasteiger partial charge on any atom is -0.457 e. The molecule has 28 heavy (non-hydrogen) atoms. The number of hydrogen-bond donors (Lipinski definition) is 1. The highest BCUT2D eigenvalue weighted by molar-refractivity contribution is 7.91. The van der Waals surface area contributed by atoms with E-state index in [0.717, 1.165) is 6.07 Å². The average Bonchev–Trinajstić information content (AvgIpc) is 2.63. The summed E-state index contributed by atoms with van der Waals surface area (Å²) in [5.74, 6) is 0.265. The van der Waals surface area contributed by atoms with Crippen LogP contribution >= 0.6 is 11.6 Å². The van der Waals surface area contributed by atoms with E-state index in [1.165, 1.54) is 12.1 Å². The van der Waals surface area contributed by atoms with Crippen molar-refractivity contribution in [1.29, 1.82) is 0 Å². The lowest BCUT2D eigenvalue weighted by atomic mass is 10.2. The molecule has 0 radical (unpaired) electrons. The summed E-state index contributed by atoms with van der Waals surface area (Å²) in [6.07, 6.45) is 0. The Hall–Kier alpha value is -3.10. The van der Waals surface area contributed by atoms with Crippen molar-refractivity contribution in [3.05, 3.63) is 93.5 Å². The van der Waals surface area contributed by atoms with Gasteiger partial charge in [-0.15, -0.1) is 0 Å². The van der Waals surface area contributed by atoms with Crippen LogP contribution in [0, 0.1) is 10.1 Å². The third-order valence-electron chi connectivity index (χ3n) is 3.62. The number of nitro groups is 1. The average molecular weight is 419 g/mol. The number of benzene rings is 3. The molecular weight excluding hydrogens is 404 g/mol. The molecular formula is C19H15ClN2O5S. The quantitative estimate of drug-likeness (QED) is 0.430. The Bertz CT molecular complexity index is 1090. The number of ether oxygens (including phenoxy) is 1. The molecule has 0 saturated carbocycles. The zero-order valence-electron chi connectivity index (χ0n) is 14.4. The lowest BCUT2D eigenvalue weighted by Crippen LogP contribution is -2.15. The van der Waals surface area contributed by atoms with Gasteiger partial charge in [-0.1, -0.05) is 41.9 Å². The van der Waals surface area contributed by atoms with Crippen molar-refractivity contribution >= 4 is 33.0 Å². The Labute approximate surface area is 166 Å². The van der Waals surface area contributed by atoms with Gasteiger partial charge in [0.1, 0.15) is 11.5 Å². The summed E-state index contributed by atoms with van der Waals surface area (Å²) >= 11 is 5.82. The molecule has 0 aliphatic rings. The van der Waals surface area contributed by atoms with E-state index in [-0.39, 0.29) is 22.9 Å². The number of non-ortho nitro benzene ring substituents is 1. The van der Waals surface area contributed by atoms with Crippen LogP contribution in [0.4, 0.5) is 11.4 Å².